The van der Waals surface area contributed by atoms with Crippen LogP contribution >= 0.6 is 0 Å². The predicted octanol–water partition coefficient (Wildman–Crippen LogP) is 4.11. The predicted molar refractivity (Wildman–Crippen MR) is 239 cm³/mol. The van der Waals surface area contributed by atoms with Gasteiger partial charge in [-0.2, -0.15) is 0 Å². The summed E-state index contributed by atoms with van der Waals surface area (Å²) in [5, 5.41) is 90.6. The Bertz CT molecular complexity index is 1880. The highest BCUT2D eigenvalue weighted by Crippen LogP contribution is 2.76. The van der Waals surface area contributed by atoms with Crippen LogP contribution in [0.2, 0.25) is 0 Å². The third-order valence-corrected chi connectivity index (χ3v) is 19.4. The summed E-state index contributed by atoms with van der Waals surface area (Å²) < 4.78 is 6.80. The minimum Gasteiger partial charge on any atom is -0.396 e. The molecule has 0 radical (unpaired) electrons. The maximum absolute atomic E-state index is 15.7. The van der Waals surface area contributed by atoms with E-state index in [9.17, 15) is 35.7 Å². The Hall–Kier alpha value is -2.13. The van der Waals surface area contributed by atoms with E-state index in [1.54, 1.807) is 13.8 Å². The average Bonchev–Trinajstić information content (AvgIpc) is 3.55. The zero-order valence-corrected chi connectivity index (χ0v) is 38.5. The van der Waals surface area contributed by atoms with Crippen LogP contribution in [0.1, 0.15) is 125 Å². The van der Waals surface area contributed by atoms with Crippen molar-refractivity contribution in [2.75, 3.05) is 13.2 Å². The number of fused-ring (bicyclic) bond motifs is 3. The van der Waals surface area contributed by atoms with Crippen LogP contribution in [0.3, 0.4) is 0 Å². The van der Waals surface area contributed by atoms with Gasteiger partial charge < -0.3 is 56.8 Å². The fourth-order valence-corrected chi connectivity index (χ4v) is 16.8. The van der Waals surface area contributed by atoms with Gasteiger partial charge in [-0.15, -0.1) is 0 Å². The lowest BCUT2D eigenvalue weighted by Crippen LogP contribution is -2.71. The summed E-state index contributed by atoms with van der Waals surface area (Å²) in [6.45, 7) is 9.98. The Morgan fingerprint density at radius 1 is 1.03 bits per heavy atom. The van der Waals surface area contributed by atoms with Crippen molar-refractivity contribution in [1.29, 1.82) is 0 Å². The van der Waals surface area contributed by atoms with Crippen LogP contribution in [-0.4, -0.2) is 109 Å². The largest absolute Gasteiger partial charge is 0.396 e. The number of nitrogens with two attached hydrogens (primary N) is 1. The molecular weight excluding hydrogens is 799 g/mol. The molecule has 352 valence electrons. The molecule has 6 fully saturated rings. The SMILES string of the molecule is CCCC1CCC2OC(C(O)C(C)(O)C3CCC4(O)C5=C(NCC(C)O)C(=O)C6C7CCC8C(C9=C(CCCO)NC(N)C=C9)C=CC(CC34C)C5C86CC(O)C7O)C(C)C2CC1. The van der Waals surface area contributed by atoms with Crippen LogP contribution in [0.4, 0.5) is 0 Å². The molecule has 12 heteroatoms. The number of carbonyl (C=O) groups is 1. The Labute approximate surface area is 374 Å². The van der Waals surface area contributed by atoms with E-state index in [0.717, 1.165) is 37.0 Å². The van der Waals surface area contributed by atoms with Gasteiger partial charge in [0.2, 0.25) is 0 Å². The zero-order valence-electron chi connectivity index (χ0n) is 38.5. The number of aliphatic hydroxyl groups excluding tert-OH is 5. The van der Waals surface area contributed by atoms with Gasteiger partial charge in [0.05, 0.1) is 53.6 Å². The molecule has 63 heavy (non-hydrogen) atoms. The van der Waals surface area contributed by atoms with E-state index in [-0.39, 0.29) is 67.7 Å². The van der Waals surface area contributed by atoms with E-state index in [2.05, 4.69) is 42.7 Å². The molecule has 21 atom stereocenters. The maximum Gasteiger partial charge on any atom is 0.182 e. The fourth-order valence-electron chi connectivity index (χ4n) is 16.8. The van der Waals surface area contributed by atoms with Gasteiger partial charge >= 0.3 is 0 Å². The summed E-state index contributed by atoms with van der Waals surface area (Å²) in [5.41, 5.74) is 4.24. The molecule has 7 aliphatic carbocycles. The first-order valence-corrected chi connectivity index (χ1v) is 25.0. The van der Waals surface area contributed by atoms with E-state index >= 15 is 4.79 Å². The molecule has 1 spiro atoms. The second-order valence-electron chi connectivity index (χ2n) is 22.6. The first-order valence-electron chi connectivity index (χ1n) is 25.0. The number of aliphatic hydroxyl groups is 7. The fraction of sp³-hybridized carbons (Fsp3) is 0.824. The quantitative estimate of drug-likeness (QED) is 0.125. The van der Waals surface area contributed by atoms with Gasteiger partial charge in [0.25, 0.3) is 0 Å². The molecule has 21 unspecified atom stereocenters. The number of rotatable bonds is 12. The molecule has 2 bridgehead atoms. The lowest BCUT2D eigenvalue weighted by atomic mass is 9.36. The van der Waals surface area contributed by atoms with Crippen LogP contribution in [-0.2, 0) is 9.53 Å². The highest BCUT2D eigenvalue weighted by Gasteiger charge is 2.76. The van der Waals surface area contributed by atoms with Crippen molar-refractivity contribution < 1.29 is 45.3 Å². The van der Waals surface area contributed by atoms with Crippen LogP contribution < -0.4 is 16.4 Å². The first-order chi connectivity index (χ1) is 29.9. The minimum atomic E-state index is -1.66. The van der Waals surface area contributed by atoms with E-state index in [1.165, 1.54) is 12.8 Å². The summed E-state index contributed by atoms with van der Waals surface area (Å²) >= 11 is 0. The molecule has 2 aliphatic heterocycles. The lowest BCUT2D eigenvalue weighted by molar-refractivity contribution is -0.224. The Morgan fingerprint density at radius 3 is 2.51 bits per heavy atom. The molecule has 0 aromatic carbocycles. The molecule has 2 heterocycles. The molecule has 5 saturated carbocycles. The van der Waals surface area contributed by atoms with E-state index in [0.29, 0.717) is 61.6 Å². The average molecular weight is 878 g/mol. The number of carbonyl (C=O) groups excluding carboxylic acids is 1. The van der Waals surface area contributed by atoms with Crippen molar-refractivity contribution >= 4 is 5.78 Å². The molecule has 0 aromatic rings. The molecular formula is C51H79N3O9. The standard InChI is InChI=1S/C51H79N3O9/c1-6-8-28-10-13-30-27(3)46(63-37(30)18-11-28)47(60)49(5,61)38-20-21-51(62)42-40-29(23-48(38,51)4)12-14-31(32-16-19-39(52)54-35(32)9-7-22-55)34-17-15-33-41(45(59)43(42)53-25-26(2)56)50(34,40)24-36(57)44(33)58/h12,14,16,19,26-31,33-34,36-41,44,46-47,53-58,60-62H,6-11,13,15,17-18,20-25,52H2,1-5H3. The Kier molecular flexibility index (Phi) is 12.3. The van der Waals surface area contributed by atoms with Crippen molar-refractivity contribution in [2.24, 2.45) is 75.7 Å². The summed E-state index contributed by atoms with van der Waals surface area (Å²) in [6.07, 6.45) is 14.0. The van der Waals surface area contributed by atoms with E-state index in [1.807, 2.05) is 13.0 Å². The molecule has 0 amide bonds. The number of ether oxygens (including phenoxy) is 1. The number of dihydropyridines is 1. The molecule has 9 aliphatic rings. The number of hydrogen-bond donors (Lipinski definition) is 10. The van der Waals surface area contributed by atoms with Crippen molar-refractivity contribution in [3.63, 3.8) is 0 Å². The van der Waals surface area contributed by atoms with Crippen molar-refractivity contribution in [2.45, 2.75) is 179 Å². The summed E-state index contributed by atoms with van der Waals surface area (Å²) in [4.78, 5) is 15.7. The highest BCUT2D eigenvalue weighted by atomic mass is 16.5. The summed E-state index contributed by atoms with van der Waals surface area (Å²) in [5.74, 6) is -1.80. The monoisotopic (exact) mass is 878 g/mol. The number of hydrogen-bond acceptors (Lipinski definition) is 12. The topological polar surface area (TPSA) is 218 Å². The van der Waals surface area contributed by atoms with Gasteiger partial charge in [0.15, 0.2) is 5.78 Å². The van der Waals surface area contributed by atoms with Gasteiger partial charge in [-0.1, -0.05) is 58.3 Å². The summed E-state index contributed by atoms with van der Waals surface area (Å²) in [7, 11) is 0. The van der Waals surface area contributed by atoms with Crippen molar-refractivity contribution in [3.8, 4) is 0 Å². The smallest absolute Gasteiger partial charge is 0.182 e. The maximum atomic E-state index is 15.7. The van der Waals surface area contributed by atoms with Gasteiger partial charge in [-0.05, 0) is 154 Å². The number of Topliss-reactive ketones (excluding diaryl/α,β-unsaturated/α-hetero) is 1. The van der Waals surface area contributed by atoms with E-state index < -0.39 is 76.2 Å². The second kappa shape index (κ2) is 16.9. The normalized spacial score (nSPS) is 48.3. The third kappa shape index (κ3) is 6.95. The molecule has 9 rings (SSSR count). The van der Waals surface area contributed by atoms with Crippen LogP contribution in [0.5, 0.6) is 0 Å². The third-order valence-electron chi connectivity index (χ3n) is 19.4. The second-order valence-corrected chi connectivity index (χ2v) is 22.6. The molecule has 1 saturated heterocycles. The van der Waals surface area contributed by atoms with Crippen LogP contribution in [0.15, 0.2) is 46.8 Å². The van der Waals surface area contributed by atoms with Crippen molar-refractivity contribution in [3.05, 3.63) is 46.8 Å². The number of nitrogens with one attached hydrogen (secondary N) is 2. The van der Waals surface area contributed by atoms with Gasteiger partial charge in [0.1, 0.15) is 6.10 Å². The van der Waals surface area contributed by atoms with Gasteiger partial charge in [0, 0.05) is 36.1 Å². The molecule has 0 aromatic heterocycles. The Balaban J connectivity index is 1.16. The lowest BCUT2D eigenvalue weighted by Gasteiger charge is -2.69. The number of ketones is 1. The molecule has 11 N–H and O–H groups in total. The Morgan fingerprint density at radius 2 is 1.78 bits per heavy atom. The van der Waals surface area contributed by atoms with E-state index in [4.69, 9.17) is 10.5 Å². The van der Waals surface area contributed by atoms with Gasteiger partial charge in [-0.25, -0.2) is 0 Å². The first kappa shape index (κ1) is 46.0. The van der Waals surface area contributed by atoms with Crippen molar-refractivity contribution in [1.82, 2.24) is 10.6 Å². The van der Waals surface area contributed by atoms with Gasteiger partial charge in [-0.3, -0.25) is 4.79 Å². The number of allylic oxidation sites excluding steroid dienone is 6. The van der Waals surface area contributed by atoms with Crippen LogP contribution in [0.25, 0.3) is 0 Å². The summed E-state index contributed by atoms with van der Waals surface area (Å²) in [6, 6.07) is 0. The highest BCUT2D eigenvalue weighted by molar-refractivity contribution is 6.00. The zero-order chi connectivity index (χ0) is 45.0. The minimum absolute atomic E-state index is 0.0252. The van der Waals surface area contributed by atoms with Crippen LogP contribution in [0, 0.1) is 70.0 Å². The molecule has 12 nitrogen and oxygen atoms in total.